The summed E-state index contributed by atoms with van der Waals surface area (Å²) in [4.78, 5) is 20.7. The molecule has 0 spiro atoms. The van der Waals surface area contributed by atoms with Crippen LogP contribution >= 0.6 is 23.2 Å². The van der Waals surface area contributed by atoms with E-state index in [-0.39, 0.29) is 5.91 Å². The summed E-state index contributed by atoms with van der Waals surface area (Å²) in [5, 5.41) is 0.798. The third-order valence-corrected chi connectivity index (χ3v) is 4.61. The van der Waals surface area contributed by atoms with Gasteiger partial charge in [0, 0.05) is 38.3 Å². The number of rotatable bonds is 4. The highest BCUT2D eigenvalue weighted by atomic mass is 35.5. The molecule has 7 heteroatoms. The van der Waals surface area contributed by atoms with Crippen molar-refractivity contribution in [3.05, 3.63) is 57.8 Å². The molecule has 1 aliphatic heterocycles. The van der Waals surface area contributed by atoms with Gasteiger partial charge in [0.2, 0.25) is 0 Å². The maximum Gasteiger partial charge on any atom is 0.253 e. The Balaban J connectivity index is 1.56. The lowest BCUT2D eigenvalue weighted by Crippen LogP contribution is -2.48. The third-order valence-electron chi connectivity index (χ3n) is 4.23. The number of pyridine rings is 1. The Morgan fingerprint density at radius 1 is 1.08 bits per heavy atom. The van der Waals surface area contributed by atoms with E-state index in [2.05, 4.69) is 9.88 Å². The molecule has 0 bridgehead atoms. The Kier molecular flexibility index (Phi) is 5.78. The molecular formula is C18H19Cl2N3O2. The van der Waals surface area contributed by atoms with E-state index < -0.39 is 0 Å². The normalized spacial score (nSPS) is 15.2. The molecule has 3 rings (SSSR count). The van der Waals surface area contributed by atoms with Crippen LogP contribution in [0.1, 0.15) is 15.9 Å². The van der Waals surface area contributed by atoms with Crippen LogP contribution < -0.4 is 4.74 Å². The number of carbonyl (C=O) groups excluding carboxylic acids is 1. The molecule has 1 aliphatic rings. The monoisotopic (exact) mass is 379 g/mol. The van der Waals surface area contributed by atoms with E-state index >= 15 is 0 Å². The smallest absolute Gasteiger partial charge is 0.253 e. The summed E-state index contributed by atoms with van der Waals surface area (Å²) in [5.74, 6) is 0.799. The highest BCUT2D eigenvalue weighted by Crippen LogP contribution is 2.18. The Hall–Kier alpha value is -1.82. The van der Waals surface area contributed by atoms with Gasteiger partial charge in [-0.25, -0.2) is 4.98 Å². The van der Waals surface area contributed by atoms with Crippen molar-refractivity contribution in [3.8, 4) is 5.75 Å². The minimum Gasteiger partial charge on any atom is -0.497 e. The van der Waals surface area contributed by atoms with Crippen molar-refractivity contribution in [2.75, 3.05) is 33.3 Å². The van der Waals surface area contributed by atoms with Crippen molar-refractivity contribution in [1.29, 1.82) is 0 Å². The van der Waals surface area contributed by atoms with E-state index in [0.717, 1.165) is 30.9 Å². The van der Waals surface area contributed by atoms with Crippen LogP contribution in [0.2, 0.25) is 10.3 Å². The lowest BCUT2D eigenvalue weighted by Gasteiger charge is -2.34. The summed E-state index contributed by atoms with van der Waals surface area (Å²) < 4.78 is 5.13. The Bertz CT molecular complexity index is 724. The first-order valence-corrected chi connectivity index (χ1v) is 8.78. The number of nitrogens with zero attached hydrogens (tertiary/aromatic N) is 3. The molecule has 1 amide bonds. The number of benzene rings is 1. The van der Waals surface area contributed by atoms with Gasteiger partial charge in [-0.05, 0) is 42.0 Å². The second-order valence-corrected chi connectivity index (χ2v) is 6.69. The Morgan fingerprint density at radius 2 is 1.68 bits per heavy atom. The fourth-order valence-electron chi connectivity index (χ4n) is 2.89. The van der Waals surface area contributed by atoms with Gasteiger partial charge in [-0.2, -0.15) is 0 Å². The summed E-state index contributed by atoms with van der Waals surface area (Å²) in [5.41, 5.74) is 1.71. The molecule has 1 saturated heterocycles. The van der Waals surface area contributed by atoms with Crippen LogP contribution in [0, 0.1) is 0 Å². The minimum atomic E-state index is 0.0531. The molecule has 0 saturated carbocycles. The molecule has 0 unspecified atom stereocenters. The number of piperazine rings is 1. The zero-order chi connectivity index (χ0) is 17.8. The van der Waals surface area contributed by atoms with E-state index in [1.165, 1.54) is 0 Å². The van der Waals surface area contributed by atoms with E-state index in [1.807, 2.05) is 17.0 Å². The third kappa shape index (κ3) is 4.63. The number of amides is 1. The van der Waals surface area contributed by atoms with Crippen LogP contribution in [0.3, 0.4) is 0 Å². The Labute approximate surface area is 157 Å². The van der Waals surface area contributed by atoms with Crippen LogP contribution in [0.4, 0.5) is 0 Å². The Morgan fingerprint density at radius 3 is 2.24 bits per heavy atom. The zero-order valence-corrected chi connectivity index (χ0v) is 15.4. The molecule has 0 atom stereocenters. The van der Waals surface area contributed by atoms with Crippen molar-refractivity contribution < 1.29 is 9.53 Å². The molecule has 25 heavy (non-hydrogen) atoms. The van der Waals surface area contributed by atoms with Crippen LogP contribution in [-0.4, -0.2) is 54.0 Å². The van der Waals surface area contributed by atoms with Gasteiger partial charge in [0.05, 0.1) is 7.11 Å². The van der Waals surface area contributed by atoms with Crippen LogP contribution in [-0.2, 0) is 6.54 Å². The van der Waals surface area contributed by atoms with Crippen molar-refractivity contribution in [1.82, 2.24) is 14.8 Å². The van der Waals surface area contributed by atoms with Gasteiger partial charge >= 0.3 is 0 Å². The number of aromatic nitrogens is 1. The zero-order valence-electron chi connectivity index (χ0n) is 13.9. The topological polar surface area (TPSA) is 45.7 Å². The molecule has 132 valence electrons. The molecule has 0 N–H and O–H groups in total. The predicted octanol–water partition coefficient (Wildman–Crippen LogP) is 3.36. The van der Waals surface area contributed by atoms with Crippen molar-refractivity contribution >= 4 is 29.1 Å². The molecule has 0 aliphatic carbocycles. The summed E-state index contributed by atoms with van der Waals surface area (Å²) in [6.07, 6.45) is 0. The van der Waals surface area contributed by atoms with Gasteiger partial charge in [-0.1, -0.05) is 23.2 Å². The van der Waals surface area contributed by atoms with Gasteiger partial charge in [-0.3, -0.25) is 9.69 Å². The number of methoxy groups -OCH3 is 1. The number of halogens is 2. The average molecular weight is 380 g/mol. The number of ether oxygens (including phenoxy) is 1. The number of carbonyl (C=O) groups is 1. The maximum absolute atomic E-state index is 12.6. The summed E-state index contributed by atoms with van der Waals surface area (Å²) in [6.45, 7) is 3.74. The first-order chi connectivity index (χ1) is 12.0. The van der Waals surface area contributed by atoms with E-state index in [0.29, 0.717) is 29.0 Å². The first kappa shape index (κ1) is 18.0. The summed E-state index contributed by atoms with van der Waals surface area (Å²) in [7, 11) is 1.61. The minimum absolute atomic E-state index is 0.0531. The summed E-state index contributed by atoms with van der Waals surface area (Å²) >= 11 is 11.9. The SMILES string of the molecule is COc1ccc(C(=O)N2CCN(Cc3cc(Cl)nc(Cl)c3)CC2)cc1. The molecule has 1 fully saturated rings. The fraction of sp³-hybridized carbons (Fsp3) is 0.333. The highest BCUT2D eigenvalue weighted by Gasteiger charge is 2.22. The lowest BCUT2D eigenvalue weighted by molar-refractivity contribution is 0.0628. The fourth-order valence-corrected chi connectivity index (χ4v) is 3.39. The molecule has 1 aromatic heterocycles. The standard InChI is InChI=1S/C18H19Cl2N3O2/c1-25-15-4-2-14(3-5-15)18(24)23-8-6-22(7-9-23)12-13-10-16(19)21-17(20)11-13/h2-5,10-11H,6-9,12H2,1H3. The van der Waals surface area contributed by atoms with Crippen LogP contribution in [0.15, 0.2) is 36.4 Å². The van der Waals surface area contributed by atoms with E-state index in [1.54, 1.807) is 31.4 Å². The highest BCUT2D eigenvalue weighted by molar-refractivity contribution is 6.32. The van der Waals surface area contributed by atoms with Gasteiger partial charge in [-0.15, -0.1) is 0 Å². The molecule has 0 radical (unpaired) electrons. The number of hydrogen-bond donors (Lipinski definition) is 0. The van der Waals surface area contributed by atoms with Crippen molar-refractivity contribution in [2.45, 2.75) is 6.54 Å². The van der Waals surface area contributed by atoms with Crippen LogP contribution in [0.25, 0.3) is 0 Å². The van der Waals surface area contributed by atoms with Gasteiger partial charge in [0.25, 0.3) is 5.91 Å². The molecular weight excluding hydrogens is 361 g/mol. The first-order valence-electron chi connectivity index (χ1n) is 8.03. The average Bonchev–Trinajstić information content (AvgIpc) is 2.61. The van der Waals surface area contributed by atoms with E-state index in [4.69, 9.17) is 27.9 Å². The van der Waals surface area contributed by atoms with Gasteiger partial charge in [0.1, 0.15) is 16.1 Å². The predicted molar refractivity (Wildman–Crippen MR) is 98.4 cm³/mol. The van der Waals surface area contributed by atoms with Gasteiger partial charge in [0.15, 0.2) is 0 Å². The molecule has 2 aromatic rings. The maximum atomic E-state index is 12.6. The van der Waals surface area contributed by atoms with Crippen LogP contribution in [0.5, 0.6) is 5.75 Å². The number of hydrogen-bond acceptors (Lipinski definition) is 4. The second kappa shape index (κ2) is 8.04. The lowest BCUT2D eigenvalue weighted by atomic mass is 10.1. The van der Waals surface area contributed by atoms with E-state index in [9.17, 15) is 4.79 Å². The van der Waals surface area contributed by atoms with Gasteiger partial charge < -0.3 is 9.64 Å². The largest absolute Gasteiger partial charge is 0.497 e. The van der Waals surface area contributed by atoms with Crippen molar-refractivity contribution in [3.63, 3.8) is 0 Å². The summed E-state index contributed by atoms with van der Waals surface area (Å²) in [6, 6.07) is 10.9. The molecule has 2 heterocycles. The molecule has 5 nitrogen and oxygen atoms in total. The quantitative estimate of drug-likeness (QED) is 0.764. The molecule has 1 aromatic carbocycles. The second-order valence-electron chi connectivity index (χ2n) is 5.92. The van der Waals surface area contributed by atoms with Crippen molar-refractivity contribution in [2.24, 2.45) is 0 Å².